The molecule has 0 aliphatic heterocycles. The number of hydrogen-bond donors (Lipinski definition) is 0. The van der Waals surface area contributed by atoms with Gasteiger partial charge in [-0.3, -0.25) is 4.68 Å². The smallest absolute Gasteiger partial charge is 0.360 e. The summed E-state index contributed by atoms with van der Waals surface area (Å²) in [5, 5.41) is 11.9. The summed E-state index contributed by atoms with van der Waals surface area (Å²) >= 11 is 0. The Hall–Kier alpha value is -2.18. The van der Waals surface area contributed by atoms with E-state index >= 15 is 0 Å². The average molecular weight is 249 g/mol. The van der Waals surface area contributed by atoms with Crippen LogP contribution in [0, 0.1) is 6.92 Å². The molecule has 0 aliphatic rings. The van der Waals surface area contributed by atoms with Gasteiger partial charge < -0.3 is 4.74 Å². The van der Waals surface area contributed by atoms with Gasteiger partial charge in [0.1, 0.15) is 0 Å². The van der Waals surface area contributed by atoms with Gasteiger partial charge in [0.25, 0.3) is 0 Å². The Morgan fingerprint density at radius 1 is 1.44 bits per heavy atom. The molecule has 2 rings (SSSR count). The van der Waals surface area contributed by atoms with Gasteiger partial charge in [0.2, 0.25) is 0 Å². The predicted octanol–water partition coefficient (Wildman–Crippen LogP) is 0.660. The third kappa shape index (κ3) is 2.55. The molecule has 7 nitrogen and oxygen atoms in total. The van der Waals surface area contributed by atoms with E-state index in [4.69, 9.17) is 4.74 Å². The fourth-order valence-electron chi connectivity index (χ4n) is 1.59. The first-order valence-electron chi connectivity index (χ1n) is 5.77. The number of hydrogen-bond acceptors (Lipinski definition) is 5. The summed E-state index contributed by atoms with van der Waals surface area (Å²) in [6.45, 7) is 5.18. The quantitative estimate of drug-likeness (QED) is 0.728. The van der Waals surface area contributed by atoms with Crippen molar-refractivity contribution < 1.29 is 9.53 Å². The molecule has 0 saturated heterocycles. The van der Waals surface area contributed by atoms with Crippen molar-refractivity contribution >= 4 is 5.97 Å². The van der Waals surface area contributed by atoms with E-state index < -0.39 is 5.97 Å². The van der Waals surface area contributed by atoms with Crippen molar-refractivity contribution in [2.75, 3.05) is 6.61 Å². The van der Waals surface area contributed by atoms with Crippen LogP contribution in [0.15, 0.2) is 18.5 Å². The van der Waals surface area contributed by atoms with Gasteiger partial charge in [-0.25, -0.2) is 9.48 Å². The fourth-order valence-corrected chi connectivity index (χ4v) is 1.59. The van der Waals surface area contributed by atoms with Gasteiger partial charge >= 0.3 is 5.97 Å². The number of aryl methyl sites for hydroxylation is 2. The van der Waals surface area contributed by atoms with Crippen molar-refractivity contribution in [1.29, 1.82) is 0 Å². The first-order valence-corrected chi connectivity index (χ1v) is 5.77. The second kappa shape index (κ2) is 5.44. The molecule has 0 radical (unpaired) electrons. The van der Waals surface area contributed by atoms with E-state index in [-0.39, 0.29) is 5.69 Å². The zero-order chi connectivity index (χ0) is 13.0. The second-order valence-electron chi connectivity index (χ2n) is 3.74. The highest BCUT2D eigenvalue weighted by molar-refractivity contribution is 5.88. The summed E-state index contributed by atoms with van der Waals surface area (Å²) in [4.78, 5) is 11.6. The van der Waals surface area contributed by atoms with E-state index in [1.807, 2.05) is 12.3 Å². The van der Waals surface area contributed by atoms with E-state index in [1.165, 1.54) is 0 Å². The zero-order valence-corrected chi connectivity index (χ0v) is 10.4. The number of ether oxygens (including phenoxy) is 1. The van der Waals surface area contributed by atoms with Crippen LogP contribution in [-0.4, -0.2) is 37.4 Å². The lowest BCUT2D eigenvalue weighted by Crippen LogP contribution is -2.11. The molecule has 0 unspecified atom stereocenters. The topological polar surface area (TPSA) is 74.8 Å². The Morgan fingerprint density at radius 2 is 2.28 bits per heavy atom. The SMILES string of the molecule is CCOC(=O)c1nnn(CCn2cccn2)c1C. The Balaban J connectivity index is 2.04. The van der Waals surface area contributed by atoms with Crippen LogP contribution < -0.4 is 0 Å². The van der Waals surface area contributed by atoms with Gasteiger partial charge in [-0.1, -0.05) is 5.21 Å². The maximum Gasteiger partial charge on any atom is 0.360 e. The summed E-state index contributed by atoms with van der Waals surface area (Å²) in [6.07, 6.45) is 3.59. The van der Waals surface area contributed by atoms with Crippen molar-refractivity contribution in [3.05, 3.63) is 29.8 Å². The molecule has 18 heavy (non-hydrogen) atoms. The summed E-state index contributed by atoms with van der Waals surface area (Å²) in [5.41, 5.74) is 0.984. The maximum absolute atomic E-state index is 11.6. The van der Waals surface area contributed by atoms with Crippen molar-refractivity contribution in [1.82, 2.24) is 24.8 Å². The molecule has 2 aromatic heterocycles. The Labute approximate surface area is 104 Å². The molecule has 0 spiro atoms. The molecule has 0 amide bonds. The molecular formula is C11H15N5O2. The summed E-state index contributed by atoms with van der Waals surface area (Å²) < 4.78 is 8.37. The van der Waals surface area contributed by atoms with Gasteiger partial charge in [0, 0.05) is 12.4 Å². The molecule has 96 valence electrons. The lowest BCUT2D eigenvalue weighted by molar-refractivity contribution is 0.0518. The molecule has 0 atom stereocenters. The number of carbonyl (C=O) groups is 1. The van der Waals surface area contributed by atoms with Gasteiger partial charge in [-0.15, -0.1) is 5.10 Å². The molecule has 0 saturated carbocycles. The van der Waals surface area contributed by atoms with Crippen LogP contribution in [0.25, 0.3) is 0 Å². The van der Waals surface area contributed by atoms with Crippen LogP contribution in [0.2, 0.25) is 0 Å². The molecule has 0 aliphatic carbocycles. The van der Waals surface area contributed by atoms with Crippen LogP contribution in [-0.2, 0) is 17.8 Å². The highest BCUT2D eigenvalue weighted by atomic mass is 16.5. The first kappa shape index (κ1) is 12.3. The maximum atomic E-state index is 11.6. The van der Waals surface area contributed by atoms with E-state index in [0.29, 0.717) is 25.4 Å². The van der Waals surface area contributed by atoms with Gasteiger partial charge in [0.15, 0.2) is 5.69 Å². The third-order valence-corrected chi connectivity index (χ3v) is 2.55. The molecule has 2 heterocycles. The Morgan fingerprint density at radius 3 is 2.94 bits per heavy atom. The normalized spacial score (nSPS) is 10.6. The minimum absolute atomic E-state index is 0.275. The zero-order valence-electron chi connectivity index (χ0n) is 10.4. The highest BCUT2D eigenvalue weighted by Gasteiger charge is 2.17. The number of carbonyl (C=O) groups excluding carboxylic acids is 1. The summed E-state index contributed by atoms with van der Waals surface area (Å²) in [6, 6.07) is 1.86. The van der Waals surface area contributed by atoms with Gasteiger partial charge in [-0.2, -0.15) is 5.10 Å². The number of nitrogens with zero attached hydrogens (tertiary/aromatic N) is 5. The highest BCUT2D eigenvalue weighted by Crippen LogP contribution is 2.05. The molecular weight excluding hydrogens is 234 g/mol. The monoisotopic (exact) mass is 249 g/mol. The molecule has 2 aromatic rings. The molecule has 0 fully saturated rings. The number of rotatable bonds is 5. The van der Waals surface area contributed by atoms with Crippen molar-refractivity contribution in [2.45, 2.75) is 26.9 Å². The third-order valence-electron chi connectivity index (χ3n) is 2.55. The lowest BCUT2D eigenvalue weighted by atomic mass is 10.3. The van der Waals surface area contributed by atoms with Crippen molar-refractivity contribution in [3.63, 3.8) is 0 Å². The van der Waals surface area contributed by atoms with Crippen molar-refractivity contribution in [2.24, 2.45) is 0 Å². The van der Waals surface area contributed by atoms with Crippen LogP contribution in [0.3, 0.4) is 0 Å². The van der Waals surface area contributed by atoms with Crippen LogP contribution in [0.4, 0.5) is 0 Å². The predicted molar refractivity (Wildman–Crippen MR) is 62.9 cm³/mol. The summed E-state index contributed by atoms with van der Waals surface area (Å²) in [7, 11) is 0. The van der Waals surface area contributed by atoms with Crippen LogP contribution in [0.5, 0.6) is 0 Å². The van der Waals surface area contributed by atoms with Crippen LogP contribution in [0.1, 0.15) is 23.1 Å². The molecule has 7 heteroatoms. The standard InChI is InChI=1S/C11H15N5O2/c1-3-18-11(17)10-9(2)16(14-13-10)8-7-15-6-4-5-12-15/h4-6H,3,7-8H2,1-2H3. The molecule has 0 aromatic carbocycles. The average Bonchev–Trinajstić information content (AvgIpc) is 2.96. The second-order valence-corrected chi connectivity index (χ2v) is 3.74. The Bertz CT molecular complexity index is 518. The van der Waals surface area contributed by atoms with Gasteiger partial charge in [-0.05, 0) is 19.9 Å². The summed E-state index contributed by atoms with van der Waals surface area (Å²) in [5.74, 6) is -0.430. The van der Waals surface area contributed by atoms with E-state index in [9.17, 15) is 4.79 Å². The lowest BCUT2D eigenvalue weighted by Gasteiger charge is -2.04. The minimum atomic E-state index is -0.430. The number of esters is 1. The Kier molecular flexibility index (Phi) is 3.71. The molecule has 0 bridgehead atoms. The fraction of sp³-hybridized carbons (Fsp3) is 0.455. The van der Waals surface area contributed by atoms with E-state index in [2.05, 4.69) is 15.4 Å². The molecule has 0 N–H and O–H groups in total. The largest absolute Gasteiger partial charge is 0.461 e. The first-order chi connectivity index (χ1) is 8.72. The minimum Gasteiger partial charge on any atom is -0.461 e. The van der Waals surface area contributed by atoms with E-state index in [0.717, 1.165) is 0 Å². The van der Waals surface area contributed by atoms with Gasteiger partial charge in [0.05, 0.1) is 25.4 Å². The van der Waals surface area contributed by atoms with E-state index in [1.54, 1.807) is 29.4 Å². The van der Waals surface area contributed by atoms with Crippen molar-refractivity contribution in [3.8, 4) is 0 Å². The van der Waals surface area contributed by atoms with Crippen LogP contribution >= 0.6 is 0 Å². The number of aromatic nitrogens is 5.